The topological polar surface area (TPSA) is 17.1 Å². The van der Waals surface area contributed by atoms with Crippen molar-refractivity contribution in [2.45, 2.75) is 6.92 Å². The van der Waals surface area contributed by atoms with Gasteiger partial charge in [-0.05, 0) is 0 Å². The molecule has 0 aliphatic heterocycles. The van der Waals surface area contributed by atoms with E-state index in [1.165, 1.54) is 0 Å². The van der Waals surface area contributed by atoms with Gasteiger partial charge in [-0.2, -0.15) is 0 Å². The van der Waals surface area contributed by atoms with Crippen LogP contribution in [0.1, 0.15) is 17.1 Å². The van der Waals surface area contributed by atoms with Crippen LogP contribution in [0.4, 0.5) is 0 Å². The Balaban J connectivity index is 3.00. The van der Waals surface area contributed by atoms with Gasteiger partial charge in [0.2, 0.25) is 0 Å². The predicted octanol–water partition coefficient (Wildman–Crippen LogP) is 0.00410. The summed E-state index contributed by atoms with van der Waals surface area (Å²) in [5.74, 6) is 0.104. The Hall–Kier alpha value is 0.150. The fraction of sp³-hybridized carbons (Fsp3) is 0.250. The molecule has 0 bridgehead atoms. The van der Waals surface area contributed by atoms with Gasteiger partial charge in [-0.3, -0.25) is 0 Å². The van der Waals surface area contributed by atoms with Crippen LogP contribution in [0.3, 0.4) is 0 Å². The van der Waals surface area contributed by atoms with Crippen molar-refractivity contribution in [3.63, 3.8) is 0 Å². The first-order chi connectivity index (χ1) is 4.70. The zero-order chi connectivity index (χ0) is 7.56. The van der Waals surface area contributed by atoms with Crippen LogP contribution in [0.2, 0.25) is 0 Å². The second-order valence-corrected chi connectivity index (χ2v) is 2.98. The number of hydrogen-bond acceptors (Lipinski definition) is 1. The molecule has 1 aromatic rings. The summed E-state index contributed by atoms with van der Waals surface area (Å²) < 4.78 is 0.998. The number of halogens is 1. The third-order valence-electron chi connectivity index (χ3n) is 1.25. The standard InChI is InChI=1S/C4H3B4BrO/c1-2(10)3-5-7-4(9)8-6-3/h1H3. The Bertz CT molecular complexity index is 246. The Kier molecular flexibility index (Phi) is 2.90. The zero-order valence-corrected chi connectivity index (χ0v) is 7.18. The summed E-state index contributed by atoms with van der Waals surface area (Å²) in [4.78, 5) is 10.7. The van der Waals surface area contributed by atoms with E-state index in [0.29, 0.717) is 0 Å². The van der Waals surface area contributed by atoms with Crippen molar-refractivity contribution in [2.75, 3.05) is 0 Å². The van der Waals surface area contributed by atoms with Gasteiger partial charge in [0.15, 0.2) is 0 Å². The molecule has 0 saturated heterocycles. The SMILES string of the molecule is CC(=O)c1bbc(Br)bb1. The van der Waals surface area contributed by atoms with E-state index < -0.39 is 0 Å². The second kappa shape index (κ2) is 3.51. The molecule has 1 heterocycles. The van der Waals surface area contributed by atoms with Crippen LogP contribution < -0.4 is 0 Å². The molecule has 1 nitrogen and oxygen atoms in total. The summed E-state index contributed by atoms with van der Waals surface area (Å²) in [6, 6.07) is 0. The molecule has 0 unspecified atom stereocenters. The average Bonchev–Trinajstić information content (AvgIpc) is 1.88. The van der Waals surface area contributed by atoms with Crippen LogP contribution in [0.15, 0.2) is 4.26 Å². The van der Waals surface area contributed by atoms with E-state index in [0.717, 1.165) is 9.62 Å². The molecule has 44 valence electrons. The molecule has 1 rings (SSSR count). The Morgan fingerprint density at radius 1 is 1.30 bits per heavy atom. The van der Waals surface area contributed by atoms with E-state index in [9.17, 15) is 4.79 Å². The Morgan fingerprint density at radius 2 is 1.80 bits per heavy atom. The van der Waals surface area contributed by atoms with Crippen LogP contribution in [0, 0.1) is 0 Å². The molecule has 0 aromatic carbocycles. The normalized spacial score (nSPS) is 7.80. The molecule has 0 fully saturated rings. The monoisotopic (exact) mass is 190 g/mol. The van der Waals surface area contributed by atoms with Crippen molar-refractivity contribution in [1.82, 2.24) is 0 Å². The van der Waals surface area contributed by atoms with Crippen molar-refractivity contribution in [3.8, 4) is 0 Å². The number of ketones is 1. The number of hydrogen-bond donors (Lipinski definition) is 0. The van der Waals surface area contributed by atoms with Crippen LogP contribution in [0.25, 0.3) is 0 Å². The average molecular weight is 190 g/mol. The first-order valence-corrected chi connectivity index (χ1v) is 3.76. The molecular formula is C4H3B4BrO. The van der Waals surface area contributed by atoms with Gasteiger partial charge >= 0.3 is 70.2 Å². The van der Waals surface area contributed by atoms with Crippen molar-refractivity contribution >= 4 is 48.9 Å². The summed E-state index contributed by atoms with van der Waals surface area (Å²) in [5.41, 5.74) is 0. The number of rotatable bonds is 1. The van der Waals surface area contributed by atoms with Crippen molar-refractivity contribution in [2.24, 2.45) is 0 Å². The van der Waals surface area contributed by atoms with E-state index in [-0.39, 0.29) is 5.78 Å². The molecule has 0 radical (unpaired) electrons. The van der Waals surface area contributed by atoms with Crippen LogP contribution in [0.5, 0.6) is 0 Å². The van der Waals surface area contributed by atoms with Gasteiger partial charge in [-0.1, -0.05) is 0 Å². The summed E-state index contributed by atoms with van der Waals surface area (Å²) in [6.07, 6.45) is 0. The molecule has 1 aromatic heterocycles. The number of Topliss-reactive ketones (excluding diaryl/α,β-unsaturated/α-hetero) is 1. The molecule has 0 amide bonds. The minimum atomic E-state index is 0.104. The molecule has 10 heavy (non-hydrogen) atoms. The maximum atomic E-state index is 10.7. The maximum absolute atomic E-state index is 10.7. The first-order valence-electron chi connectivity index (χ1n) is 2.96. The summed E-state index contributed by atoms with van der Waals surface area (Å²) in [5, 5.41) is 0.753. The molecular weight excluding hydrogens is 187 g/mol. The minimum absolute atomic E-state index is 0.104. The van der Waals surface area contributed by atoms with Crippen molar-refractivity contribution < 1.29 is 4.79 Å². The van der Waals surface area contributed by atoms with Gasteiger partial charge in [-0.25, -0.2) is 0 Å². The Labute approximate surface area is 70.6 Å². The van der Waals surface area contributed by atoms with Gasteiger partial charge < -0.3 is 0 Å². The Morgan fingerprint density at radius 3 is 2.20 bits per heavy atom. The van der Waals surface area contributed by atoms with Crippen molar-refractivity contribution in [1.29, 1.82) is 0 Å². The van der Waals surface area contributed by atoms with Crippen molar-refractivity contribution in [3.05, 3.63) is 9.62 Å². The molecule has 0 spiro atoms. The van der Waals surface area contributed by atoms with E-state index in [1.54, 1.807) is 20.5 Å². The van der Waals surface area contributed by atoms with Gasteiger partial charge in [0.1, 0.15) is 0 Å². The molecule has 6 heteroatoms. The van der Waals surface area contributed by atoms with Crippen LogP contribution in [-0.4, -0.2) is 33.0 Å². The van der Waals surface area contributed by atoms with Gasteiger partial charge in [0.25, 0.3) is 0 Å². The third kappa shape index (κ3) is 2.08. The molecule has 0 atom stereocenters. The third-order valence-corrected chi connectivity index (χ3v) is 1.78. The summed E-state index contributed by atoms with van der Waals surface area (Å²) >= 11 is 3.28. The van der Waals surface area contributed by atoms with E-state index in [2.05, 4.69) is 15.9 Å². The van der Waals surface area contributed by atoms with Gasteiger partial charge in [-0.15, -0.1) is 0 Å². The molecule has 0 saturated carbocycles. The van der Waals surface area contributed by atoms with Crippen LogP contribution >= 0.6 is 15.9 Å². The second-order valence-electron chi connectivity index (χ2n) is 2.06. The van der Waals surface area contributed by atoms with E-state index >= 15 is 0 Å². The number of carbonyl (C=O) groups excluding carboxylic acids is 1. The first kappa shape index (κ1) is 8.25. The molecule has 0 N–H and O–H groups in total. The van der Waals surface area contributed by atoms with E-state index in [4.69, 9.17) is 0 Å². The van der Waals surface area contributed by atoms with Crippen LogP contribution in [-0.2, 0) is 0 Å². The molecule has 0 aliphatic carbocycles. The fourth-order valence-electron chi connectivity index (χ4n) is 0.685. The van der Waals surface area contributed by atoms with Gasteiger partial charge in [0, 0.05) is 0 Å². The predicted molar refractivity (Wildman–Crippen MR) is 49.5 cm³/mol. The zero-order valence-electron chi connectivity index (χ0n) is 5.60. The summed E-state index contributed by atoms with van der Waals surface area (Å²) in [7, 11) is 0. The molecule has 0 aliphatic rings. The number of carbonyl (C=O) groups is 1. The fourth-order valence-corrected chi connectivity index (χ4v) is 0.949. The van der Waals surface area contributed by atoms with E-state index in [1.807, 2.05) is 13.6 Å². The summed E-state index contributed by atoms with van der Waals surface area (Å²) in [6.45, 7) is 8.87. The quantitative estimate of drug-likeness (QED) is 0.570. The van der Waals surface area contributed by atoms with Gasteiger partial charge in [0.05, 0.1) is 0 Å².